The van der Waals surface area contributed by atoms with Crippen LogP contribution < -0.4 is 14.8 Å². The Bertz CT molecular complexity index is 395. The summed E-state index contributed by atoms with van der Waals surface area (Å²) in [6, 6.07) is 3.75. The zero-order chi connectivity index (χ0) is 12.5. The Balaban J connectivity index is 2.18. The summed E-state index contributed by atoms with van der Waals surface area (Å²) in [5.41, 5.74) is -0.254. The average molecular weight is 236 g/mol. The van der Waals surface area contributed by atoms with E-state index in [9.17, 15) is 0 Å². The highest BCUT2D eigenvalue weighted by Crippen LogP contribution is 2.30. The molecule has 0 unspecified atom stereocenters. The molecule has 1 aromatic heterocycles. The van der Waals surface area contributed by atoms with Crippen LogP contribution in [-0.4, -0.2) is 23.7 Å². The van der Waals surface area contributed by atoms with Crippen LogP contribution in [0.25, 0.3) is 0 Å². The summed E-state index contributed by atoms with van der Waals surface area (Å²) >= 11 is 0. The van der Waals surface area contributed by atoms with Gasteiger partial charge in [0.1, 0.15) is 17.2 Å². The Morgan fingerprint density at radius 2 is 2.00 bits per heavy atom. The molecular formula is C13H20N2O2. The number of hydrogen-bond donors (Lipinski definition) is 1. The monoisotopic (exact) mass is 236 g/mol. The second-order valence-electron chi connectivity index (χ2n) is 5.31. The maximum absolute atomic E-state index is 5.76. The van der Waals surface area contributed by atoms with Gasteiger partial charge in [0.25, 0.3) is 0 Å². The van der Waals surface area contributed by atoms with Crippen molar-refractivity contribution in [2.24, 2.45) is 0 Å². The van der Waals surface area contributed by atoms with Crippen LogP contribution in [0.4, 0.5) is 5.82 Å². The van der Waals surface area contributed by atoms with Gasteiger partial charge in [-0.1, -0.05) is 0 Å². The van der Waals surface area contributed by atoms with Crippen molar-refractivity contribution in [2.45, 2.75) is 45.3 Å². The van der Waals surface area contributed by atoms with E-state index in [0.717, 1.165) is 24.4 Å². The molecule has 1 aliphatic carbocycles. The van der Waals surface area contributed by atoms with Crippen LogP contribution in [0.3, 0.4) is 0 Å². The molecule has 1 heterocycles. The number of rotatable bonds is 4. The predicted molar refractivity (Wildman–Crippen MR) is 67.8 cm³/mol. The molecule has 0 radical (unpaired) electrons. The summed E-state index contributed by atoms with van der Waals surface area (Å²) in [7, 11) is 1.84. The lowest BCUT2D eigenvalue weighted by Gasteiger charge is -2.21. The van der Waals surface area contributed by atoms with Gasteiger partial charge in [-0.15, -0.1) is 0 Å². The molecule has 0 aromatic carbocycles. The van der Waals surface area contributed by atoms with E-state index in [1.54, 1.807) is 0 Å². The number of nitrogens with one attached hydrogen (secondary N) is 1. The van der Waals surface area contributed by atoms with Gasteiger partial charge in [0, 0.05) is 19.2 Å². The van der Waals surface area contributed by atoms with Gasteiger partial charge >= 0.3 is 0 Å². The molecule has 0 atom stereocenters. The van der Waals surface area contributed by atoms with E-state index in [1.807, 2.05) is 40.0 Å². The molecule has 2 rings (SSSR count). The molecule has 4 heteroatoms. The second kappa shape index (κ2) is 4.43. The Morgan fingerprint density at radius 1 is 1.29 bits per heavy atom. The highest BCUT2D eigenvalue weighted by Gasteiger charge is 2.24. The molecule has 17 heavy (non-hydrogen) atoms. The van der Waals surface area contributed by atoms with Gasteiger partial charge in [0.15, 0.2) is 0 Å². The fourth-order valence-electron chi connectivity index (χ4n) is 1.42. The Morgan fingerprint density at radius 3 is 2.53 bits per heavy atom. The minimum atomic E-state index is -0.254. The molecule has 1 saturated carbocycles. The highest BCUT2D eigenvalue weighted by molar-refractivity contribution is 5.44. The van der Waals surface area contributed by atoms with Crippen LogP contribution in [-0.2, 0) is 0 Å². The van der Waals surface area contributed by atoms with Crippen LogP contribution >= 0.6 is 0 Å². The Hall–Kier alpha value is -1.45. The highest BCUT2D eigenvalue weighted by atomic mass is 16.5. The molecule has 4 nitrogen and oxygen atoms in total. The Labute approximate surface area is 102 Å². The fourth-order valence-corrected chi connectivity index (χ4v) is 1.42. The zero-order valence-corrected chi connectivity index (χ0v) is 10.9. The first-order chi connectivity index (χ1) is 7.96. The number of anilines is 1. The van der Waals surface area contributed by atoms with Crippen molar-refractivity contribution in [1.82, 2.24) is 4.98 Å². The van der Waals surface area contributed by atoms with Gasteiger partial charge in [-0.2, -0.15) is 4.98 Å². The minimum absolute atomic E-state index is 0.254. The number of hydrogen-bond acceptors (Lipinski definition) is 4. The third kappa shape index (κ3) is 3.80. The molecule has 0 amide bonds. The summed E-state index contributed by atoms with van der Waals surface area (Å²) in [6.45, 7) is 6.01. The molecule has 0 saturated heterocycles. The van der Waals surface area contributed by atoms with Gasteiger partial charge in [-0.05, 0) is 33.6 Å². The van der Waals surface area contributed by atoms with Crippen molar-refractivity contribution >= 4 is 5.82 Å². The van der Waals surface area contributed by atoms with Crippen molar-refractivity contribution in [3.05, 3.63) is 12.1 Å². The van der Waals surface area contributed by atoms with E-state index in [-0.39, 0.29) is 5.60 Å². The molecule has 1 aromatic rings. The van der Waals surface area contributed by atoms with E-state index in [4.69, 9.17) is 9.47 Å². The van der Waals surface area contributed by atoms with Crippen LogP contribution in [0.2, 0.25) is 0 Å². The summed E-state index contributed by atoms with van der Waals surface area (Å²) in [5, 5.41) is 3.02. The first-order valence-electron chi connectivity index (χ1n) is 6.02. The van der Waals surface area contributed by atoms with Crippen LogP contribution in [0.5, 0.6) is 11.6 Å². The smallest absolute Gasteiger partial charge is 0.219 e. The van der Waals surface area contributed by atoms with Gasteiger partial charge in [-0.3, -0.25) is 0 Å². The summed E-state index contributed by atoms with van der Waals surface area (Å²) < 4.78 is 11.5. The van der Waals surface area contributed by atoms with Gasteiger partial charge in [0.2, 0.25) is 5.88 Å². The maximum Gasteiger partial charge on any atom is 0.219 e. The lowest BCUT2D eigenvalue weighted by atomic mass is 10.2. The number of pyridine rings is 1. The van der Waals surface area contributed by atoms with Crippen LogP contribution in [0, 0.1) is 0 Å². The topological polar surface area (TPSA) is 43.4 Å². The molecular weight excluding hydrogens is 216 g/mol. The van der Waals surface area contributed by atoms with E-state index in [1.165, 1.54) is 0 Å². The van der Waals surface area contributed by atoms with Gasteiger partial charge in [-0.25, -0.2) is 0 Å². The largest absolute Gasteiger partial charge is 0.490 e. The number of ether oxygens (including phenoxy) is 2. The third-order valence-corrected chi connectivity index (χ3v) is 2.27. The first kappa shape index (κ1) is 12.0. The maximum atomic E-state index is 5.76. The molecule has 0 bridgehead atoms. The number of aromatic nitrogens is 1. The standard InChI is InChI=1S/C13H20N2O2/c1-13(2,3)17-12-8-10(16-9-5-6-9)7-11(14-4)15-12/h7-9H,5-6H2,1-4H3,(H,14,15). The summed E-state index contributed by atoms with van der Waals surface area (Å²) in [6.07, 6.45) is 2.67. The molecule has 1 N–H and O–H groups in total. The quantitative estimate of drug-likeness (QED) is 0.873. The van der Waals surface area contributed by atoms with E-state index < -0.39 is 0 Å². The molecule has 0 spiro atoms. The second-order valence-corrected chi connectivity index (χ2v) is 5.31. The fraction of sp³-hybridized carbons (Fsp3) is 0.615. The molecule has 1 aliphatic rings. The molecule has 94 valence electrons. The lowest BCUT2D eigenvalue weighted by molar-refractivity contribution is 0.123. The summed E-state index contributed by atoms with van der Waals surface area (Å²) in [4.78, 5) is 4.35. The van der Waals surface area contributed by atoms with Gasteiger partial charge < -0.3 is 14.8 Å². The molecule has 1 fully saturated rings. The SMILES string of the molecule is CNc1cc(OC2CC2)cc(OC(C)(C)C)n1. The van der Waals surface area contributed by atoms with Crippen LogP contribution in [0.15, 0.2) is 12.1 Å². The lowest BCUT2D eigenvalue weighted by Crippen LogP contribution is -2.23. The zero-order valence-electron chi connectivity index (χ0n) is 10.9. The normalized spacial score (nSPS) is 15.5. The van der Waals surface area contributed by atoms with Crippen molar-refractivity contribution in [3.8, 4) is 11.6 Å². The molecule has 0 aliphatic heterocycles. The van der Waals surface area contributed by atoms with Crippen LogP contribution in [0.1, 0.15) is 33.6 Å². The van der Waals surface area contributed by atoms with Crippen molar-refractivity contribution in [2.75, 3.05) is 12.4 Å². The average Bonchev–Trinajstić information content (AvgIpc) is 2.98. The third-order valence-electron chi connectivity index (χ3n) is 2.27. The van der Waals surface area contributed by atoms with E-state index in [2.05, 4.69) is 10.3 Å². The first-order valence-corrected chi connectivity index (χ1v) is 6.02. The van der Waals surface area contributed by atoms with Crippen molar-refractivity contribution in [1.29, 1.82) is 0 Å². The van der Waals surface area contributed by atoms with E-state index in [0.29, 0.717) is 12.0 Å². The van der Waals surface area contributed by atoms with Gasteiger partial charge in [0.05, 0.1) is 6.10 Å². The Kier molecular flexibility index (Phi) is 3.13. The predicted octanol–water partition coefficient (Wildman–Crippen LogP) is 2.84. The van der Waals surface area contributed by atoms with Crippen molar-refractivity contribution < 1.29 is 9.47 Å². The minimum Gasteiger partial charge on any atom is -0.490 e. The van der Waals surface area contributed by atoms with Crippen molar-refractivity contribution in [3.63, 3.8) is 0 Å². The summed E-state index contributed by atoms with van der Waals surface area (Å²) in [5.74, 6) is 2.19. The van der Waals surface area contributed by atoms with E-state index >= 15 is 0 Å². The number of nitrogens with zero attached hydrogens (tertiary/aromatic N) is 1.